The van der Waals surface area contributed by atoms with Gasteiger partial charge in [0.25, 0.3) is 0 Å². The lowest BCUT2D eigenvalue weighted by atomic mass is 10.1. The molecule has 0 aliphatic heterocycles. The molecule has 1 aromatic carbocycles. The second-order valence-electron chi connectivity index (χ2n) is 4.91. The standard InChI is InChI=1S/C14H22N2O4/c1-3-4-5-6-7-10(2)20-14-9-12(16(18)19)13(17)8-11(14)15/h8-10,17H,3-7,15H2,1-2H3/t10-/m0/s1. The van der Waals surface area contributed by atoms with Crippen molar-refractivity contribution >= 4 is 11.4 Å². The molecule has 6 nitrogen and oxygen atoms in total. The summed E-state index contributed by atoms with van der Waals surface area (Å²) in [6.07, 6.45) is 5.36. The van der Waals surface area contributed by atoms with Crippen molar-refractivity contribution in [2.45, 2.75) is 52.1 Å². The molecule has 0 saturated heterocycles. The van der Waals surface area contributed by atoms with Gasteiger partial charge in [-0.25, -0.2) is 0 Å². The smallest absolute Gasteiger partial charge is 0.314 e. The summed E-state index contributed by atoms with van der Waals surface area (Å²) in [5.74, 6) is -0.201. The molecule has 0 aromatic heterocycles. The molecule has 0 unspecified atom stereocenters. The fourth-order valence-electron chi connectivity index (χ4n) is 1.96. The molecular weight excluding hydrogens is 260 g/mol. The topological polar surface area (TPSA) is 98.6 Å². The molecule has 0 radical (unpaired) electrons. The number of hydrogen-bond donors (Lipinski definition) is 2. The van der Waals surface area contributed by atoms with Crippen LogP contribution < -0.4 is 10.5 Å². The molecule has 0 aliphatic carbocycles. The number of hydrogen-bond acceptors (Lipinski definition) is 5. The molecule has 0 fully saturated rings. The van der Waals surface area contributed by atoms with E-state index in [0.717, 1.165) is 25.3 Å². The van der Waals surface area contributed by atoms with E-state index in [1.54, 1.807) is 0 Å². The molecule has 0 saturated carbocycles. The maximum atomic E-state index is 10.8. The van der Waals surface area contributed by atoms with Gasteiger partial charge in [-0.2, -0.15) is 0 Å². The predicted molar refractivity (Wildman–Crippen MR) is 78.0 cm³/mol. The summed E-state index contributed by atoms with van der Waals surface area (Å²) >= 11 is 0. The van der Waals surface area contributed by atoms with E-state index in [9.17, 15) is 15.2 Å². The van der Waals surface area contributed by atoms with Crippen LogP contribution in [0.5, 0.6) is 11.5 Å². The second-order valence-corrected chi connectivity index (χ2v) is 4.91. The molecule has 112 valence electrons. The van der Waals surface area contributed by atoms with E-state index in [4.69, 9.17) is 10.5 Å². The number of nitrogens with two attached hydrogens (primary N) is 1. The van der Waals surface area contributed by atoms with E-state index < -0.39 is 16.4 Å². The average Bonchev–Trinajstić information content (AvgIpc) is 2.37. The summed E-state index contributed by atoms with van der Waals surface area (Å²) in [6.45, 7) is 4.06. The lowest BCUT2D eigenvalue weighted by molar-refractivity contribution is -0.385. The van der Waals surface area contributed by atoms with Crippen LogP contribution in [0.1, 0.15) is 46.0 Å². The highest BCUT2D eigenvalue weighted by molar-refractivity contribution is 5.64. The van der Waals surface area contributed by atoms with Gasteiger partial charge in [0, 0.05) is 6.07 Å². The maximum Gasteiger partial charge on any atom is 0.314 e. The first-order chi connectivity index (χ1) is 9.45. The van der Waals surface area contributed by atoms with Crippen LogP contribution in [0, 0.1) is 10.1 Å². The first-order valence-electron chi connectivity index (χ1n) is 6.89. The Morgan fingerprint density at radius 2 is 2.10 bits per heavy atom. The van der Waals surface area contributed by atoms with Crippen LogP contribution in [0.2, 0.25) is 0 Å². The van der Waals surface area contributed by atoms with Gasteiger partial charge in [0.05, 0.1) is 22.8 Å². The highest BCUT2D eigenvalue weighted by atomic mass is 16.6. The fraction of sp³-hybridized carbons (Fsp3) is 0.571. The molecule has 6 heteroatoms. The maximum absolute atomic E-state index is 10.8. The summed E-state index contributed by atoms with van der Waals surface area (Å²) in [5, 5.41) is 20.2. The second kappa shape index (κ2) is 7.57. The van der Waals surface area contributed by atoms with Gasteiger partial charge in [-0.05, 0) is 19.8 Å². The number of phenolic OH excluding ortho intramolecular Hbond substituents is 1. The minimum atomic E-state index is -0.659. The zero-order valence-corrected chi connectivity index (χ0v) is 12.0. The third-order valence-electron chi connectivity index (χ3n) is 3.10. The summed E-state index contributed by atoms with van der Waals surface area (Å²) < 4.78 is 5.63. The van der Waals surface area contributed by atoms with E-state index in [-0.39, 0.29) is 17.5 Å². The molecule has 0 bridgehead atoms. The Morgan fingerprint density at radius 1 is 1.40 bits per heavy atom. The number of phenols is 1. The number of nitrogens with zero attached hydrogens (tertiary/aromatic N) is 1. The van der Waals surface area contributed by atoms with Crippen molar-refractivity contribution in [1.82, 2.24) is 0 Å². The third-order valence-corrected chi connectivity index (χ3v) is 3.10. The first-order valence-corrected chi connectivity index (χ1v) is 6.89. The Bertz CT molecular complexity index is 463. The summed E-state index contributed by atoms with van der Waals surface area (Å²) in [7, 11) is 0. The Labute approximate surface area is 118 Å². The summed E-state index contributed by atoms with van der Waals surface area (Å²) in [6, 6.07) is 2.32. The van der Waals surface area contributed by atoms with Crippen molar-refractivity contribution in [2.75, 3.05) is 5.73 Å². The SMILES string of the molecule is CCCCCC[C@H](C)Oc1cc([N+](=O)[O-])c(O)cc1N. The van der Waals surface area contributed by atoms with Gasteiger partial charge in [-0.3, -0.25) is 10.1 Å². The summed E-state index contributed by atoms with van der Waals surface area (Å²) in [4.78, 5) is 10.1. The molecule has 1 rings (SSSR count). The number of ether oxygens (including phenoxy) is 1. The fourth-order valence-corrected chi connectivity index (χ4v) is 1.96. The predicted octanol–water partition coefficient (Wildman–Crippen LogP) is 3.62. The molecular formula is C14H22N2O4. The molecule has 0 spiro atoms. The van der Waals surface area contributed by atoms with Gasteiger partial charge < -0.3 is 15.6 Å². The van der Waals surface area contributed by atoms with E-state index in [0.29, 0.717) is 0 Å². The Kier molecular flexibility index (Phi) is 6.09. The average molecular weight is 282 g/mol. The monoisotopic (exact) mass is 282 g/mol. The Hall–Kier alpha value is -1.98. The van der Waals surface area contributed by atoms with E-state index in [1.165, 1.54) is 18.9 Å². The molecule has 3 N–H and O–H groups in total. The Morgan fingerprint density at radius 3 is 2.70 bits per heavy atom. The number of benzene rings is 1. The van der Waals surface area contributed by atoms with Gasteiger partial charge in [-0.15, -0.1) is 0 Å². The van der Waals surface area contributed by atoms with Crippen molar-refractivity contribution in [3.05, 3.63) is 22.2 Å². The van der Waals surface area contributed by atoms with Gasteiger partial charge in [-0.1, -0.05) is 26.2 Å². The molecule has 1 atom stereocenters. The quantitative estimate of drug-likeness (QED) is 0.328. The highest BCUT2D eigenvalue weighted by Crippen LogP contribution is 2.35. The number of anilines is 1. The number of rotatable bonds is 8. The summed E-state index contributed by atoms with van der Waals surface area (Å²) in [5.41, 5.74) is 5.51. The van der Waals surface area contributed by atoms with Crippen molar-refractivity contribution < 1.29 is 14.8 Å². The van der Waals surface area contributed by atoms with Gasteiger partial charge >= 0.3 is 5.69 Å². The van der Waals surface area contributed by atoms with Crippen molar-refractivity contribution in [3.8, 4) is 11.5 Å². The van der Waals surface area contributed by atoms with Crippen LogP contribution in [0.25, 0.3) is 0 Å². The van der Waals surface area contributed by atoms with E-state index in [1.807, 2.05) is 6.92 Å². The van der Waals surface area contributed by atoms with Crippen LogP contribution in [-0.4, -0.2) is 16.1 Å². The number of nitro groups is 1. The number of aromatic hydroxyl groups is 1. The van der Waals surface area contributed by atoms with Crippen molar-refractivity contribution in [3.63, 3.8) is 0 Å². The van der Waals surface area contributed by atoms with Gasteiger partial charge in [0.1, 0.15) is 5.75 Å². The lowest BCUT2D eigenvalue weighted by Gasteiger charge is -2.16. The molecule has 0 amide bonds. The molecule has 0 aliphatic rings. The van der Waals surface area contributed by atoms with Crippen LogP contribution in [-0.2, 0) is 0 Å². The van der Waals surface area contributed by atoms with Gasteiger partial charge in [0.15, 0.2) is 5.75 Å². The number of unbranched alkanes of at least 4 members (excludes halogenated alkanes) is 3. The van der Waals surface area contributed by atoms with Gasteiger partial charge in [0.2, 0.25) is 0 Å². The number of nitrogen functional groups attached to an aromatic ring is 1. The van der Waals surface area contributed by atoms with Crippen molar-refractivity contribution in [2.24, 2.45) is 0 Å². The molecule has 20 heavy (non-hydrogen) atoms. The zero-order valence-electron chi connectivity index (χ0n) is 12.0. The Balaban J connectivity index is 2.67. The third kappa shape index (κ3) is 4.60. The minimum Gasteiger partial charge on any atom is -0.502 e. The highest BCUT2D eigenvalue weighted by Gasteiger charge is 2.18. The van der Waals surface area contributed by atoms with E-state index >= 15 is 0 Å². The lowest BCUT2D eigenvalue weighted by Crippen LogP contribution is -2.12. The van der Waals surface area contributed by atoms with Crippen LogP contribution >= 0.6 is 0 Å². The first kappa shape index (κ1) is 16.1. The van der Waals surface area contributed by atoms with Crippen LogP contribution in [0.3, 0.4) is 0 Å². The van der Waals surface area contributed by atoms with E-state index in [2.05, 4.69) is 6.92 Å². The largest absolute Gasteiger partial charge is 0.502 e. The van der Waals surface area contributed by atoms with Crippen LogP contribution in [0.15, 0.2) is 12.1 Å². The molecule has 0 heterocycles. The zero-order chi connectivity index (χ0) is 15.1. The van der Waals surface area contributed by atoms with Crippen LogP contribution in [0.4, 0.5) is 11.4 Å². The molecule has 1 aromatic rings. The minimum absolute atomic E-state index is 0.0710. The number of nitro benzene ring substituents is 1. The van der Waals surface area contributed by atoms with Crippen molar-refractivity contribution in [1.29, 1.82) is 0 Å². The normalized spacial score (nSPS) is 12.1.